The van der Waals surface area contributed by atoms with Gasteiger partial charge in [0, 0.05) is 77.9 Å². The molecule has 4 aromatic rings. The molecule has 37 heavy (non-hydrogen) atoms. The Morgan fingerprint density at radius 3 is 2.54 bits per heavy atom. The van der Waals surface area contributed by atoms with Crippen LogP contribution in [0.4, 0.5) is 0 Å². The molecule has 1 atom stereocenters. The Morgan fingerprint density at radius 2 is 1.84 bits per heavy atom. The van der Waals surface area contributed by atoms with Gasteiger partial charge >= 0.3 is 0 Å². The van der Waals surface area contributed by atoms with Crippen molar-refractivity contribution in [1.82, 2.24) is 24.6 Å². The lowest BCUT2D eigenvalue weighted by Crippen LogP contribution is -2.39. The molecule has 1 aliphatic heterocycles. The number of ether oxygens (including phenoxy) is 1. The molecule has 2 N–H and O–H groups in total. The van der Waals surface area contributed by atoms with Gasteiger partial charge in [-0.2, -0.15) is 0 Å². The van der Waals surface area contributed by atoms with Gasteiger partial charge < -0.3 is 19.4 Å². The van der Waals surface area contributed by atoms with Crippen LogP contribution in [0.1, 0.15) is 51.4 Å². The maximum Gasteiger partial charge on any atom is 0.253 e. The van der Waals surface area contributed by atoms with Crippen molar-refractivity contribution >= 4 is 11.4 Å². The van der Waals surface area contributed by atoms with Crippen molar-refractivity contribution in [2.45, 2.75) is 40.3 Å². The first-order chi connectivity index (χ1) is 17.8. The van der Waals surface area contributed by atoms with E-state index in [0.29, 0.717) is 24.3 Å². The minimum atomic E-state index is -0.193. The first kappa shape index (κ1) is 24.9. The van der Waals surface area contributed by atoms with Gasteiger partial charge in [0.25, 0.3) is 11.5 Å². The minimum Gasteiger partial charge on any atom is -0.379 e. The largest absolute Gasteiger partial charge is 0.379 e. The first-order valence-electron chi connectivity index (χ1n) is 12.7. The molecular formula is C29H33N5O3. The average molecular weight is 500 g/mol. The number of nitrogens with zero attached hydrogens (tertiary/aromatic N) is 3. The number of aryl methyl sites for hydroxylation is 2. The Bertz CT molecular complexity index is 1500. The Balaban J connectivity index is 1.56. The zero-order chi connectivity index (χ0) is 26.1. The number of aromatic amines is 1. The van der Waals surface area contributed by atoms with Gasteiger partial charge in [0.2, 0.25) is 0 Å². The van der Waals surface area contributed by atoms with Gasteiger partial charge in [-0.05, 0) is 74.7 Å². The molecule has 1 amide bonds. The second-order valence-electron chi connectivity index (χ2n) is 9.78. The summed E-state index contributed by atoms with van der Waals surface area (Å²) in [6, 6.07) is 10.0. The number of pyridine rings is 3. The van der Waals surface area contributed by atoms with Crippen molar-refractivity contribution in [3.8, 4) is 11.1 Å². The van der Waals surface area contributed by atoms with Gasteiger partial charge in [0.1, 0.15) is 0 Å². The summed E-state index contributed by atoms with van der Waals surface area (Å²) in [5, 5.41) is 3.00. The molecule has 1 fully saturated rings. The number of carbonyl (C=O) groups excluding carboxylic acids is 1. The molecule has 8 heteroatoms. The monoisotopic (exact) mass is 499 g/mol. The fourth-order valence-electron chi connectivity index (χ4n) is 5.33. The Hall–Kier alpha value is -3.75. The van der Waals surface area contributed by atoms with Crippen LogP contribution in [0.2, 0.25) is 0 Å². The molecule has 5 rings (SSSR count). The summed E-state index contributed by atoms with van der Waals surface area (Å²) in [5.74, 6) is -0.193. The fraction of sp³-hybridized carbons (Fsp3) is 0.345. The SMILES string of the molecule is Cc1cc(C)c(CNC(=O)c2cc3cc(-c4ccncc4)cn3c(C(C)N3CCOCC3)c2C)c(=O)[nH]1. The highest BCUT2D eigenvalue weighted by Crippen LogP contribution is 2.32. The molecule has 5 heterocycles. The van der Waals surface area contributed by atoms with E-state index < -0.39 is 0 Å². The second-order valence-corrected chi connectivity index (χ2v) is 9.78. The number of H-pyrrole nitrogens is 1. The number of fused-ring (bicyclic) bond motifs is 1. The topological polar surface area (TPSA) is 91.7 Å². The van der Waals surface area contributed by atoms with E-state index >= 15 is 0 Å². The van der Waals surface area contributed by atoms with E-state index in [-0.39, 0.29) is 24.1 Å². The lowest BCUT2D eigenvalue weighted by atomic mass is 10.0. The van der Waals surface area contributed by atoms with Crippen LogP contribution < -0.4 is 10.9 Å². The predicted octanol–water partition coefficient (Wildman–Crippen LogP) is 3.94. The number of hydrogen-bond donors (Lipinski definition) is 2. The van der Waals surface area contributed by atoms with Crippen LogP contribution >= 0.6 is 0 Å². The summed E-state index contributed by atoms with van der Waals surface area (Å²) in [6.07, 6.45) is 5.71. The molecule has 1 unspecified atom stereocenters. The van der Waals surface area contributed by atoms with Gasteiger partial charge in [0.15, 0.2) is 0 Å². The summed E-state index contributed by atoms with van der Waals surface area (Å²) in [4.78, 5) is 35.4. The molecule has 0 radical (unpaired) electrons. The molecule has 8 nitrogen and oxygen atoms in total. The van der Waals surface area contributed by atoms with Gasteiger partial charge in [-0.3, -0.25) is 19.5 Å². The fourth-order valence-corrected chi connectivity index (χ4v) is 5.33. The lowest BCUT2D eigenvalue weighted by molar-refractivity contribution is 0.0187. The van der Waals surface area contributed by atoms with Crippen molar-refractivity contribution < 1.29 is 9.53 Å². The Labute approximate surface area is 216 Å². The van der Waals surface area contributed by atoms with Crippen molar-refractivity contribution in [3.63, 3.8) is 0 Å². The molecule has 0 aliphatic carbocycles. The summed E-state index contributed by atoms with van der Waals surface area (Å²) in [7, 11) is 0. The summed E-state index contributed by atoms with van der Waals surface area (Å²) < 4.78 is 7.79. The molecule has 0 spiro atoms. The van der Waals surface area contributed by atoms with Crippen LogP contribution in [0, 0.1) is 20.8 Å². The zero-order valence-electron chi connectivity index (χ0n) is 21.8. The van der Waals surface area contributed by atoms with E-state index in [1.54, 1.807) is 12.4 Å². The number of nitrogens with one attached hydrogen (secondary N) is 2. The van der Waals surface area contributed by atoms with E-state index in [1.807, 2.05) is 45.0 Å². The van der Waals surface area contributed by atoms with Crippen LogP contribution in [0.3, 0.4) is 0 Å². The maximum absolute atomic E-state index is 13.5. The molecule has 0 bridgehead atoms. The molecule has 0 aromatic carbocycles. The molecule has 192 valence electrons. The average Bonchev–Trinajstić information content (AvgIpc) is 3.32. The third-order valence-electron chi connectivity index (χ3n) is 7.36. The van der Waals surface area contributed by atoms with Gasteiger partial charge in [0.05, 0.1) is 13.2 Å². The molecule has 1 aliphatic rings. The Morgan fingerprint density at radius 1 is 1.11 bits per heavy atom. The summed E-state index contributed by atoms with van der Waals surface area (Å²) >= 11 is 0. The predicted molar refractivity (Wildman–Crippen MR) is 144 cm³/mol. The lowest BCUT2D eigenvalue weighted by Gasteiger charge is -2.34. The van der Waals surface area contributed by atoms with E-state index in [1.165, 1.54) is 0 Å². The number of rotatable bonds is 6. The number of hydrogen-bond acceptors (Lipinski definition) is 5. The molecule has 4 aromatic heterocycles. The minimum absolute atomic E-state index is 0.0824. The second kappa shape index (κ2) is 10.3. The van der Waals surface area contributed by atoms with Gasteiger partial charge in [-0.25, -0.2) is 0 Å². The highest BCUT2D eigenvalue weighted by molar-refractivity contribution is 5.97. The first-order valence-corrected chi connectivity index (χ1v) is 12.7. The van der Waals surface area contributed by atoms with Crippen molar-refractivity contribution in [2.75, 3.05) is 26.3 Å². The maximum atomic E-state index is 13.5. The van der Waals surface area contributed by atoms with Crippen LogP contribution in [0.5, 0.6) is 0 Å². The third kappa shape index (κ3) is 4.95. The highest BCUT2D eigenvalue weighted by Gasteiger charge is 2.25. The van der Waals surface area contributed by atoms with Crippen LogP contribution in [-0.2, 0) is 11.3 Å². The quantitative estimate of drug-likeness (QED) is 0.419. The molecule has 1 saturated heterocycles. The number of amides is 1. The van der Waals surface area contributed by atoms with Gasteiger partial charge in [-0.1, -0.05) is 0 Å². The van der Waals surface area contributed by atoms with Crippen molar-refractivity contribution in [2.24, 2.45) is 0 Å². The normalized spacial score (nSPS) is 15.1. The number of morpholine rings is 1. The summed E-state index contributed by atoms with van der Waals surface area (Å²) in [6.45, 7) is 11.2. The van der Waals surface area contributed by atoms with Crippen molar-refractivity contribution in [3.05, 3.63) is 92.9 Å². The van der Waals surface area contributed by atoms with E-state index in [4.69, 9.17) is 4.74 Å². The van der Waals surface area contributed by atoms with Gasteiger partial charge in [-0.15, -0.1) is 0 Å². The molecule has 0 saturated carbocycles. The smallest absolute Gasteiger partial charge is 0.253 e. The molecular weight excluding hydrogens is 466 g/mol. The standard InChI is InChI=1S/C29H33N5O3/c1-18-13-19(2)32-29(36)26(18)16-31-28(35)25-15-24-14-23(22-5-7-30-8-6-22)17-34(24)27(20(25)3)21(4)33-9-11-37-12-10-33/h5-8,13-15,17,21H,9-12,16H2,1-4H3,(H,31,35)(H,32,36). The zero-order valence-corrected chi connectivity index (χ0v) is 21.8. The highest BCUT2D eigenvalue weighted by atomic mass is 16.5. The van der Waals surface area contributed by atoms with E-state index in [0.717, 1.165) is 52.2 Å². The van der Waals surface area contributed by atoms with Crippen LogP contribution in [0.25, 0.3) is 16.6 Å². The number of aromatic nitrogens is 3. The number of carbonyl (C=O) groups is 1. The van der Waals surface area contributed by atoms with Crippen molar-refractivity contribution in [1.29, 1.82) is 0 Å². The third-order valence-corrected chi connectivity index (χ3v) is 7.36. The Kier molecular flexibility index (Phi) is 6.95. The van der Waals surface area contributed by atoms with E-state index in [9.17, 15) is 9.59 Å². The van der Waals surface area contributed by atoms with E-state index in [2.05, 4.69) is 43.8 Å². The van der Waals surface area contributed by atoms with Crippen LogP contribution in [0.15, 0.2) is 53.7 Å². The summed E-state index contributed by atoms with van der Waals surface area (Å²) in [5.41, 5.74) is 7.78. The van der Waals surface area contributed by atoms with Crippen LogP contribution in [-0.4, -0.2) is 51.5 Å².